The quantitative estimate of drug-likeness (QED) is 0.594. The van der Waals surface area contributed by atoms with Gasteiger partial charge in [-0.25, -0.2) is 0 Å². The third kappa shape index (κ3) is 2.46. The number of nitrogens with one attached hydrogen (secondary N) is 1. The molecule has 4 heteroatoms. The highest BCUT2D eigenvalue weighted by molar-refractivity contribution is 5.76. The minimum absolute atomic E-state index is 0.218. The molecule has 1 aliphatic heterocycles. The Labute approximate surface area is 72.2 Å². The summed E-state index contributed by atoms with van der Waals surface area (Å²) < 4.78 is 10.0. The van der Waals surface area contributed by atoms with Crippen LogP contribution >= 0.6 is 0 Å². The van der Waals surface area contributed by atoms with Gasteiger partial charge in [-0.05, 0) is 13.8 Å². The van der Waals surface area contributed by atoms with Gasteiger partial charge in [0.05, 0.1) is 19.8 Å². The number of carbonyl (C=O) groups is 1. The summed E-state index contributed by atoms with van der Waals surface area (Å²) in [5.74, 6) is -0.218. The van der Waals surface area contributed by atoms with E-state index >= 15 is 0 Å². The number of carbonyl (C=O) groups excluding carboxylic acids is 1. The van der Waals surface area contributed by atoms with Crippen molar-refractivity contribution in [3.05, 3.63) is 0 Å². The Hall–Kier alpha value is -0.610. The second kappa shape index (κ2) is 4.42. The average Bonchev–Trinajstić information content (AvgIpc) is 2.05. The highest BCUT2D eigenvalue weighted by Crippen LogP contribution is 2.00. The van der Waals surface area contributed by atoms with Crippen LogP contribution in [-0.2, 0) is 14.3 Å². The van der Waals surface area contributed by atoms with Crippen molar-refractivity contribution in [1.29, 1.82) is 0 Å². The SMILES string of the molecule is CCOC(=O)[C@H]1COC[C@@H](C)N1. The van der Waals surface area contributed by atoms with Gasteiger partial charge in [0.25, 0.3) is 0 Å². The van der Waals surface area contributed by atoms with Crippen LogP contribution < -0.4 is 5.32 Å². The van der Waals surface area contributed by atoms with Crippen molar-refractivity contribution in [3.63, 3.8) is 0 Å². The Morgan fingerprint density at radius 2 is 2.42 bits per heavy atom. The molecular weight excluding hydrogens is 158 g/mol. The predicted molar refractivity (Wildman–Crippen MR) is 43.8 cm³/mol. The van der Waals surface area contributed by atoms with E-state index in [-0.39, 0.29) is 18.1 Å². The molecule has 0 radical (unpaired) electrons. The summed E-state index contributed by atoms with van der Waals surface area (Å²) in [5.41, 5.74) is 0. The van der Waals surface area contributed by atoms with Crippen LogP contribution in [0.15, 0.2) is 0 Å². The molecule has 0 aliphatic carbocycles. The lowest BCUT2D eigenvalue weighted by Crippen LogP contribution is -2.51. The standard InChI is InChI=1S/C8H15NO3/c1-3-12-8(10)7-5-11-4-6(2)9-7/h6-7,9H,3-5H2,1-2H3/t6-,7-/m1/s1. The van der Waals surface area contributed by atoms with E-state index in [0.717, 1.165) is 0 Å². The van der Waals surface area contributed by atoms with Crippen molar-refractivity contribution in [1.82, 2.24) is 5.32 Å². The molecule has 1 fully saturated rings. The van der Waals surface area contributed by atoms with Crippen LogP contribution in [0.5, 0.6) is 0 Å². The van der Waals surface area contributed by atoms with E-state index in [4.69, 9.17) is 9.47 Å². The maximum atomic E-state index is 11.2. The first kappa shape index (κ1) is 9.48. The van der Waals surface area contributed by atoms with Gasteiger partial charge in [-0.1, -0.05) is 0 Å². The Balaban J connectivity index is 2.35. The summed E-state index contributed by atoms with van der Waals surface area (Å²) in [5, 5.41) is 3.10. The Morgan fingerprint density at radius 1 is 1.67 bits per heavy atom. The number of hydrogen-bond acceptors (Lipinski definition) is 4. The van der Waals surface area contributed by atoms with Crippen LogP contribution in [0.25, 0.3) is 0 Å². The van der Waals surface area contributed by atoms with E-state index in [1.54, 1.807) is 6.92 Å². The molecule has 0 aromatic rings. The number of ether oxygens (including phenoxy) is 2. The summed E-state index contributed by atoms with van der Waals surface area (Å²) >= 11 is 0. The lowest BCUT2D eigenvalue weighted by molar-refractivity contribution is -0.149. The van der Waals surface area contributed by atoms with E-state index < -0.39 is 0 Å². The van der Waals surface area contributed by atoms with Gasteiger partial charge in [0.15, 0.2) is 0 Å². The number of rotatable bonds is 2. The van der Waals surface area contributed by atoms with Gasteiger partial charge in [-0.15, -0.1) is 0 Å². The molecule has 1 aliphatic rings. The fraction of sp³-hybridized carbons (Fsp3) is 0.875. The molecule has 0 bridgehead atoms. The van der Waals surface area contributed by atoms with Crippen molar-refractivity contribution >= 4 is 5.97 Å². The summed E-state index contributed by atoms with van der Waals surface area (Å²) in [6.07, 6.45) is 0. The fourth-order valence-corrected chi connectivity index (χ4v) is 1.18. The first-order valence-corrected chi connectivity index (χ1v) is 4.24. The molecule has 0 amide bonds. The maximum absolute atomic E-state index is 11.2. The van der Waals surface area contributed by atoms with Crippen LogP contribution in [0, 0.1) is 0 Å². The first-order chi connectivity index (χ1) is 5.74. The smallest absolute Gasteiger partial charge is 0.325 e. The third-order valence-corrected chi connectivity index (χ3v) is 1.71. The van der Waals surface area contributed by atoms with Crippen molar-refractivity contribution in [2.24, 2.45) is 0 Å². The number of morpholine rings is 1. The zero-order valence-corrected chi connectivity index (χ0v) is 7.50. The van der Waals surface area contributed by atoms with E-state index in [9.17, 15) is 4.79 Å². The highest BCUT2D eigenvalue weighted by atomic mass is 16.5. The summed E-state index contributed by atoms with van der Waals surface area (Å²) in [6.45, 7) is 5.28. The normalized spacial score (nSPS) is 29.8. The Kier molecular flexibility index (Phi) is 3.49. The minimum atomic E-state index is -0.284. The summed E-state index contributed by atoms with van der Waals surface area (Å²) in [7, 11) is 0. The molecule has 12 heavy (non-hydrogen) atoms. The summed E-state index contributed by atoms with van der Waals surface area (Å²) in [4.78, 5) is 11.2. The first-order valence-electron chi connectivity index (χ1n) is 4.24. The van der Waals surface area contributed by atoms with Crippen LogP contribution in [0.3, 0.4) is 0 Å². The third-order valence-electron chi connectivity index (χ3n) is 1.71. The van der Waals surface area contributed by atoms with Gasteiger partial charge in [0, 0.05) is 6.04 Å². The molecule has 1 heterocycles. The van der Waals surface area contributed by atoms with Crippen LogP contribution in [0.1, 0.15) is 13.8 Å². The van der Waals surface area contributed by atoms with Crippen molar-refractivity contribution in [3.8, 4) is 0 Å². The van der Waals surface area contributed by atoms with Gasteiger partial charge < -0.3 is 9.47 Å². The predicted octanol–water partition coefficient (Wildman–Crippen LogP) is -0.0736. The maximum Gasteiger partial charge on any atom is 0.325 e. The second-order valence-electron chi connectivity index (χ2n) is 2.91. The van der Waals surface area contributed by atoms with E-state index in [0.29, 0.717) is 19.8 Å². The van der Waals surface area contributed by atoms with Crippen molar-refractivity contribution < 1.29 is 14.3 Å². The van der Waals surface area contributed by atoms with Gasteiger partial charge in [0.2, 0.25) is 0 Å². The Bertz CT molecular complexity index is 160. The van der Waals surface area contributed by atoms with E-state index in [1.165, 1.54) is 0 Å². The topological polar surface area (TPSA) is 47.6 Å². The molecule has 0 aromatic carbocycles. The van der Waals surface area contributed by atoms with Crippen LogP contribution in [-0.4, -0.2) is 37.9 Å². The molecule has 0 saturated carbocycles. The molecule has 0 unspecified atom stereocenters. The lowest BCUT2D eigenvalue weighted by Gasteiger charge is -2.27. The fourth-order valence-electron chi connectivity index (χ4n) is 1.18. The van der Waals surface area contributed by atoms with Crippen LogP contribution in [0.2, 0.25) is 0 Å². The van der Waals surface area contributed by atoms with Crippen molar-refractivity contribution in [2.75, 3.05) is 19.8 Å². The zero-order chi connectivity index (χ0) is 8.97. The lowest BCUT2D eigenvalue weighted by atomic mass is 10.2. The van der Waals surface area contributed by atoms with E-state index in [2.05, 4.69) is 5.32 Å². The van der Waals surface area contributed by atoms with Gasteiger partial charge in [-0.2, -0.15) is 0 Å². The molecule has 70 valence electrons. The molecule has 2 atom stereocenters. The van der Waals surface area contributed by atoms with Gasteiger partial charge >= 0.3 is 5.97 Å². The highest BCUT2D eigenvalue weighted by Gasteiger charge is 2.25. The average molecular weight is 173 g/mol. The molecular formula is C8H15NO3. The second-order valence-corrected chi connectivity index (χ2v) is 2.91. The molecule has 1 rings (SSSR count). The Morgan fingerprint density at radius 3 is 3.00 bits per heavy atom. The van der Waals surface area contributed by atoms with Gasteiger partial charge in [-0.3, -0.25) is 10.1 Å². The van der Waals surface area contributed by atoms with Crippen LogP contribution in [0.4, 0.5) is 0 Å². The number of hydrogen-bond donors (Lipinski definition) is 1. The van der Waals surface area contributed by atoms with E-state index in [1.807, 2.05) is 6.92 Å². The molecule has 1 saturated heterocycles. The molecule has 1 N–H and O–H groups in total. The zero-order valence-electron chi connectivity index (χ0n) is 7.50. The minimum Gasteiger partial charge on any atom is -0.465 e. The largest absolute Gasteiger partial charge is 0.465 e. The van der Waals surface area contributed by atoms with Crippen molar-refractivity contribution in [2.45, 2.75) is 25.9 Å². The molecule has 0 spiro atoms. The number of esters is 1. The monoisotopic (exact) mass is 173 g/mol. The molecule has 0 aromatic heterocycles. The molecule has 4 nitrogen and oxygen atoms in total. The summed E-state index contributed by atoms with van der Waals surface area (Å²) in [6, 6.07) is -0.0538. The van der Waals surface area contributed by atoms with Gasteiger partial charge in [0.1, 0.15) is 6.04 Å².